The quantitative estimate of drug-likeness (QED) is 0.705. The Labute approximate surface area is 93.9 Å². The lowest BCUT2D eigenvalue weighted by Crippen LogP contribution is -2.27. The van der Waals surface area contributed by atoms with Crippen LogP contribution in [0, 0.1) is 0 Å². The first-order chi connectivity index (χ1) is 7.00. The van der Waals surface area contributed by atoms with Gasteiger partial charge in [0, 0.05) is 6.54 Å². The molecular formula is C12H17NOS. The van der Waals surface area contributed by atoms with E-state index >= 15 is 0 Å². The predicted molar refractivity (Wildman–Crippen MR) is 63.8 cm³/mol. The Morgan fingerprint density at radius 2 is 1.87 bits per heavy atom. The zero-order valence-electron chi connectivity index (χ0n) is 9.43. The molecule has 0 amide bonds. The monoisotopic (exact) mass is 223 g/mol. The van der Waals surface area contributed by atoms with E-state index in [9.17, 15) is 4.21 Å². The summed E-state index contributed by atoms with van der Waals surface area (Å²) in [6, 6.07) is 10.6. The SMILES string of the molecule is CC(C)(C)S(=O)N1C[C@@H]1c1ccccc1. The van der Waals surface area contributed by atoms with Gasteiger partial charge >= 0.3 is 0 Å². The van der Waals surface area contributed by atoms with Gasteiger partial charge in [-0.15, -0.1) is 0 Å². The average Bonchev–Trinajstić information content (AvgIpc) is 2.96. The minimum absolute atomic E-state index is 0.149. The van der Waals surface area contributed by atoms with E-state index in [1.54, 1.807) is 0 Å². The molecule has 3 atom stereocenters. The van der Waals surface area contributed by atoms with E-state index in [1.807, 2.05) is 39.0 Å². The molecule has 1 heterocycles. The van der Waals surface area contributed by atoms with E-state index < -0.39 is 11.0 Å². The average molecular weight is 223 g/mol. The van der Waals surface area contributed by atoms with Crippen LogP contribution in [0.25, 0.3) is 0 Å². The van der Waals surface area contributed by atoms with Crippen LogP contribution in [0.2, 0.25) is 0 Å². The van der Waals surface area contributed by atoms with Crippen LogP contribution >= 0.6 is 0 Å². The Morgan fingerprint density at radius 3 is 2.40 bits per heavy atom. The van der Waals surface area contributed by atoms with Gasteiger partial charge in [-0.1, -0.05) is 30.3 Å². The molecule has 0 radical (unpaired) electrons. The lowest BCUT2D eigenvalue weighted by Gasteiger charge is -2.18. The highest BCUT2D eigenvalue weighted by Gasteiger charge is 2.43. The van der Waals surface area contributed by atoms with Gasteiger partial charge in [0.15, 0.2) is 0 Å². The smallest absolute Gasteiger partial charge is 0.100 e. The predicted octanol–water partition coefficient (Wildman–Crippen LogP) is 2.51. The zero-order chi connectivity index (χ0) is 11.1. The van der Waals surface area contributed by atoms with Gasteiger partial charge in [0.2, 0.25) is 0 Å². The minimum Gasteiger partial charge on any atom is -0.242 e. The van der Waals surface area contributed by atoms with Crippen LogP contribution in [0.4, 0.5) is 0 Å². The van der Waals surface area contributed by atoms with E-state index in [1.165, 1.54) is 5.56 Å². The number of hydrogen-bond donors (Lipinski definition) is 0. The summed E-state index contributed by atoms with van der Waals surface area (Å²) < 4.78 is 13.9. The topological polar surface area (TPSA) is 20.1 Å². The van der Waals surface area contributed by atoms with Crippen LogP contribution in [0.5, 0.6) is 0 Å². The largest absolute Gasteiger partial charge is 0.242 e. The number of benzene rings is 1. The van der Waals surface area contributed by atoms with Crippen molar-refractivity contribution in [2.24, 2.45) is 0 Å². The minimum atomic E-state index is -0.875. The lowest BCUT2D eigenvalue weighted by molar-refractivity contribution is 0.607. The first-order valence-electron chi connectivity index (χ1n) is 5.24. The maximum atomic E-state index is 12.0. The van der Waals surface area contributed by atoms with Crippen molar-refractivity contribution in [3.8, 4) is 0 Å². The molecule has 2 unspecified atom stereocenters. The number of nitrogens with zero attached hydrogens (tertiary/aromatic N) is 1. The molecule has 0 N–H and O–H groups in total. The summed E-state index contributed by atoms with van der Waals surface area (Å²) in [5, 5.41) is 0. The maximum absolute atomic E-state index is 12.0. The van der Waals surface area contributed by atoms with E-state index in [0.717, 1.165) is 6.54 Å². The van der Waals surface area contributed by atoms with Gasteiger partial charge in [0.05, 0.1) is 10.8 Å². The molecule has 0 spiro atoms. The summed E-state index contributed by atoms with van der Waals surface area (Å²) in [6.07, 6.45) is 0. The van der Waals surface area contributed by atoms with Gasteiger partial charge in [0.1, 0.15) is 11.0 Å². The van der Waals surface area contributed by atoms with Gasteiger partial charge in [-0.3, -0.25) is 0 Å². The molecule has 15 heavy (non-hydrogen) atoms. The van der Waals surface area contributed by atoms with Crippen molar-refractivity contribution in [2.45, 2.75) is 31.6 Å². The highest BCUT2D eigenvalue weighted by molar-refractivity contribution is 7.84. The van der Waals surface area contributed by atoms with Gasteiger partial charge in [-0.05, 0) is 26.3 Å². The van der Waals surface area contributed by atoms with Gasteiger partial charge in [-0.2, -0.15) is 0 Å². The van der Waals surface area contributed by atoms with Crippen molar-refractivity contribution < 1.29 is 4.21 Å². The normalized spacial score (nSPS) is 27.4. The summed E-state index contributed by atoms with van der Waals surface area (Å²) in [6.45, 7) is 6.98. The molecule has 1 aliphatic heterocycles. The molecule has 0 saturated carbocycles. The Hall–Kier alpha value is -0.670. The van der Waals surface area contributed by atoms with E-state index in [-0.39, 0.29) is 4.75 Å². The molecule has 82 valence electrons. The van der Waals surface area contributed by atoms with Crippen molar-refractivity contribution in [1.29, 1.82) is 0 Å². The third-order valence-corrected chi connectivity index (χ3v) is 4.37. The lowest BCUT2D eigenvalue weighted by atomic mass is 10.2. The fourth-order valence-corrected chi connectivity index (χ4v) is 2.94. The van der Waals surface area contributed by atoms with E-state index in [2.05, 4.69) is 16.4 Å². The zero-order valence-corrected chi connectivity index (χ0v) is 10.3. The van der Waals surface area contributed by atoms with Gasteiger partial charge in [-0.25, -0.2) is 8.51 Å². The van der Waals surface area contributed by atoms with Crippen LogP contribution in [-0.2, 0) is 11.0 Å². The second kappa shape index (κ2) is 3.72. The first-order valence-corrected chi connectivity index (χ1v) is 6.34. The Morgan fingerprint density at radius 1 is 1.27 bits per heavy atom. The third kappa shape index (κ3) is 2.29. The van der Waals surface area contributed by atoms with Crippen molar-refractivity contribution in [1.82, 2.24) is 4.31 Å². The number of hydrogen-bond acceptors (Lipinski definition) is 1. The molecule has 0 aliphatic carbocycles. The van der Waals surface area contributed by atoms with Gasteiger partial charge in [0.25, 0.3) is 0 Å². The fourth-order valence-electron chi connectivity index (χ4n) is 1.61. The summed E-state index contributed by atoms with van der Waals surface area (Å²) in [4.78, 5) is 0. The molecule has 1 aliphatic rings. The third-order valence-electron chi connectivity index (χ3n) is 2.49. The molecule has 0 aromatic heterocycles. The highest BCUT2D eigenvalue weighted by Crippen LogP contribution is 2.39. The molecule has 1 fully saturated rings. The second-order valence-corrected chi connectivity index (χ2v) is 7.08. The van der Waals surface area contributed by atoms with Crippen LogP contribution in [-0.4, -0.2) is 19.8 Å². The molecule has 0 bridgehead atoms. The van der Waals surface area contributed by atoms with Gasteiger partial charge < -0.3 is 0 Å². The Bertz CT molecular complexity index is 369. The first kappa shape index (κ1) is 10.8. The van der Waals surface area contributed by atoms with Crippen molar-refractivity contribution in [3.63, 3.8) is 0 Å². The maximum Gasteiger partial charge on any atom is 0.100 e. The van der Waals surface area contributed by atoms with Crippen LogP contribution in [0.1, 0.15) is 32.4 Å². The van der Waals surface area contributed by atoms with E-state index in [0.29, 0.717) is 6.04 Å². The van der Waals surface area contributed by atoms with Crippen LogP contribution in [0.15, 0.2) is 30.3 Å². The molecule has 1 aromatic rings. The molecule has 2 nitrogen and oxygen atoms in total. The van der Waals surface area contributed by atoms with Crippen LogP contribution in [0.3, 0.4) is 0 Å². The van der Waals surface area contributed by atoms with Crippen LogP contribution < -0.4 is 0 Å². The van der Waals surface area contributed by atoms with Crippen molar-refractivity contribution >= 4 is 11.0 Å². The van der Waals surface area contributed by atoms with Crippen molar-refractivity contribution in [3.05, 3.63) is 35.9 Å². The summed E-state index contributed by atoms with van der Waals surface area (Å²) in [5.74, 6) is 0. The fraction of sp³-hybridized carbons (Fsp3) is 0.500. The highest BCUT2D eigenvalue weighted by atomic mass is 32.2. The molecule has 1 saturated heterocycles. The summed E-state index contributed by atoms with van der Waals surface area (Å²) >= 11 is 0. The second-order valence-electron chi connectivity index (χ2n) is 4.89. The molecule has 2 rings (SSSR count). The van der Waals surface area contributed by atoms with Crippen molar-refractivity contribution in [2.75, 3.05) is 6.54 Å². The Kier molecular flexibility index (Phi) is 2.69. The summed E-state index contributed by atoms with van der Waals surface area (Å²) in [7, 11) is -0.875. The molecular weight excluding hydrogens is 206 g/mol. The number of rotatable bonds is 2. The molecule has 1 aromatic carbocycles. The van der Waals surface area contributed by atoms with E-state index in [4.69, 9.17) is 0 Å². The standard InChI is InChI=1S/C12H17NOS/c1-12(2,3)15(14)13-9-11(13)10-7-5-4-6-8-10/h4-8,11H,9H2,1-3H3/t11-,13?,15?/m1/s1. The summed E-state index contributed by atoms with van der Waals surface area (Å²) in [5.41, 5.74) is 1.27. The molecule has 3 heteroatoms. The Balaban J connectivity index is 2.06.